The molecule has 2 atom stereocenters. The maximum Gasteiger partial charge on any atom is 0.416 e. The van der Waals surface area contributed by atoms with Gasteiger partial charge in [0.15, 0.2) is 5.82 Å². The van der Waals surface area contributed by atoms with E-state index in [-0.39, 0.29) is 25.4 Å². The third-order valence-corrected chi connectivity index (χ3v) is 4.95. The molecule has 0 radical (unpaired) electrons. The number of hydrogen-bond acceptors (Lipinski definition) is 4. The number of alkyl halides is 3. The Morgan fingerprint density at radius 2 is 1.89 bits per heavy atom. The van der Waals surface area contributed by atoms with Crippen LogP contribution in [-0.4, -0.2) is 42.7 Å². The predicted octanol–water partition coefficient (Wildman–Crippen LogP) is 2.59. The van der Waals surface area contributed by atoms with Crippen molar-refractivity contribution in [2.75, 3.05) is 0 Å². The maximum atomic E-state index is 12.8. The molecule has 0 aliphatic carbocycles. The molecule has 28 heavy (non-hydrogen) atoms. The molecule has 1 aliphatic rings. The van der Waals surface area contributed by atoms with E-state index in [0.717, 1.165) is 12.1 Å². The van der Waals surface area contributed by atoms with Crippen LogP contribution in [0.1, 0.15) is 42.0 Å². The summed E-state index contributed by atoms with van der Waals surface area (Å²) in [5.74, 6) is -0.816. The van der Waals surface area contributed by atoms with E-state index in [1.54, 1.807) is 18.4 Å². The fraction of sp³-hybridized carbons (Fsp3) is 0.444. The van der Waals surface area contributed by atoms with Crippen LogP contribution in [0.4, 0.5) is 13.2 Å². The Labute approximate surface area is 158 Å². The van der Waals surface area contributed by atoms with Gasteiger partial charge in [-0.05, 0) is 30.5 Å². The largest absolute Gasteiger partial charge is 0.480 e. The minimum atomic E-state index is -4.42. The molecule has 7 nitrogen and oxygen atoms in total. The average molecular weight is 396 g/mol. The number of nitrogens with zero attached hydrogens (tertiary/aromatic N) is 4. The fourth-order valence-corrected chi connectivity index (χ4v) is 3.28. The molecule has 0 fully saturated rings. The zero-order valence-electron chi connectivity index (χ0n) is 15.3. The number of carbonyl (C=O) groups is 2. The SMILES string of the molecule is Cc1nnc2n1CC(C(=O)O)N(C(=O)CC(C)c1ccc(C(F)(F)F)cc1)C2. The number of carboxylic acid groups (broad SMARTS) is 1. The van der Waals surface area contributed by atoms with Gasteiger partial charge in [0.2, 0.25) is 5.91 Å². The zero-order chi connectivity index (χ0) is 20.6. The van der Waals surface area contributed by atoms with Gasteiger partial charge in [0.25, 0.3) is 0 Å². The number of aromatic nitrogens is 3. The van der Waals surface area contributed by atoms with Crippen LogP contribution in [0.25, 0.3) is 0 Å². The number of carboxylic acids is 1. The maximum absolute atomic E-state index is 12.8. The van der Waals surface area contributed by atoms with Crippen LogP contribution in [0.5, 0.6) is 0 Å². The molecule has 1 amide bonds. The van der Waals surface area contributed by atoms with Crippen molar-refractivity contribution >= 4 is 11.9 Å². The van der Waals surface area contributed by atoms with Crippen LogP contribution in [0.15, 0.2) is 24.3 Å². The van der Waals surface area contributed by atoms with Gasteiger partial charge in [-0.3, -0.25) is 4.79 Å². The molecular weight excluding hydrogens is 377 g/mol. The molecule has 150 valence electrons. The lowest BCUT2D eigenvalue weighted by atomic mass is 9.95. The summed E-state index contributed by atoms with van der Waals surface area (Å²) in [5.41, 5.74) is -0.185. The predicted molar refractivity (Wildman–Crippen MR) is 91.2 cm³/mol. The van der Waals surface area contributed by atoms with Crippen molar-refractivity contribution in [2.24, 2.45) is 0 Å². The summed E-state index contributed by atoms with van der Waals surface area (Å²) in [6.45, 7) is 3.51. The molecule has 1 N–H and O–H groups in total. The number of benzene rings is 1. The van der Waals surface area contributed by atoms with Gasteiger partial charge in [-0.1, -0.05) is 19.1 Å². The summed E-state index contributed by atoms with van der Waals surface area (Å²) in [6.07, 6.45) is -4.45. The molecule has 3 rings (SSSR count). The lowest BCUT2D eigenvalue weighted by Gasteiger charge is -2.34. The van der Waals surface area contributed by atoms with Gasteiger partial charge in [0.1, 0.15) is 11.9 Å². The number of hydrogen-bond donors (Lipinski definition) is 1. The number of rotatable bonds is 4. The summed E-state index contributed by atoms with van der Waals surface area (Å²) in [7, 11) is 0. The van der Waals surface area contributed by atoms with Crippen LogP contribution in [0.3, 0.4) is 0 Å². The smallest absolute Gasteiger partial charge is 0.416 e. The van der Waals surface area contributed by atoms with E-state index in [1.165, 1.54) is 17.0 Å². The number of halogens is 3. The highest BCUT2D eigenvalue weighted by atomic mass is 19.4. The fourth-order valence-electron chi connectivity index (χ4n) is 3.28. The molecule has 0 spiro atoms. The minimum Gasteiger partial charge on any atom is -0.480 e. The highest BCUT2D eigenvalue weighted by molar-refractivity contribution is 5.84. The van der Waals surface area contributed by atoms with Gasteiger partial charge in [-0.2, -0.15) is 13.2 Å². The van der Waals surface area contributed by atoms with Crippen molar-refractivity contribution in [1.82, 2.24) is 19.7 Å². The highest BCUT2D eigenvalue weighted by Crippen LogP contribution is 2.31. The lowest BCUT2D eigenvalue weighted by Crippen LogP contribution is -2.51. The van der Waals surface area contributed by atoms with Gasteiger partial charge in [0.05, 0.1) is 18.7 Å². The van der Waals surface area contributed by atoms with E-state index < -0.39 is 29.7 Å². The summed E-state index contributed by atoms with van der Waals surface area (Å²) in [6, 6.07) is 3.58. The first-order valence-electron chi connectivity index (χ1n) is 8.66. The zero-order valence-corrected chi connectivity index (χ0v) is 15.3. The minimum absolute atomic E-state index is 0.0242. The number of aliphatic carboxylic acids is 1. The van der Waals surface area contributed by atoms with E-state index in [2.05, 4.69) is 10.2 Å². The first kappa shape index (κ1) is 19.8. The summed E-state index contributed by atoms with van der Waals surface area (Å²) < 4.78 is 39.7. The summed E-state index contributed by atoms with van der Waals surface area (Å²) >= 11 is 0. The number of amides is 1. The van der Waals surface area contributed by atoms with Crippen molar-refractivity contribution in [1.29, 1.82) is 0 Å². The second-order valence-corrected chi connectivity index (χ2v) is 6.87. The number of carbonyl (C=O) groups excluding carboxylic acids is 1. The third kappa shape index (κ3) is 3.85. The molecule has 0 bridgehead atoms. The molecule has 2 unspecified atom stereocenters. The van der Waals surface area contributed by atoms with Crippen LogP contribution < -0.4 is 0 Å². The summed E-state index contributed by atoms with van der Waals surface area (Å²) in [5, 5.41) is 17.4. The molecule has 0 saturated carbocycles. The van der Waals surface area contributed by atoms with Gasteiger partial charge >= 0.3 is 12.1 Å². The van der Waals surface area contributed by atoms with E-state index in [1.807, 2.05) is 0 Å². The summed E-state index contributed by atoms with van der Waals surface area (Å²) in [4.78, 5) is 25.7. The molecule has 10 heteroatoms. The van der Waals surface area contributed by atoms with Crippen molar-refractivity contribution in [3.05, 3.63) is 47.0 Å². The lowest BCUT2D eigenvalue weighted by molar-refractivity contribution is -0.153. The standard InChI is InChI=1S/C18H19F3N4O3/c1-10(12-3-5-13(6-4-12)18(19,20)21)7-16(26)25-9-15-23-22-11(2)24(15)8-14(25)17(27)28/h3-6,10,14H,7-9H2,1-2H3,(H,27,28). The molecular formula is C18H19F3N4O3. The Morgan fingerprint density at radius 1 is 1.25 bits per heavy atom. The van der Waals surface area contributed by atoms with Crippen LogP contribution in [0.2, 0.25) is 0 Å². The Bertz CT molecular complexity index is 892. The first-order chi connectivity index (χ1) is 13.1. The van der Waals surface area contributed by atoms with E-state index in [4.69, 9.17) is 0 Å². The van der Waals surface area contributed by atoms with E-state index in [0.29, 0.717) is 17.2 Å². The van der Waals surface area contributed by atoms with Gasteiger partial charge in [-0.15, -0.1) is 10.2 Å². The van der Waals surface area contributed by atoms with Crippen molar-refractivity contribution in [2.45, 2.75) is 51.5 Å². The molecule has 2 heterocycles. The molecule has 2 aromatic rings. The van der Waals surface area contributed by atoms with Gasteiger partial charge in [0, 0.05) is 6.42 Å². The van der Waals surface area contributed by atoms with Gasteiger partial charge < -0.3 is 14.6 Å². The Balaban J connectivity index is 1.75. The average Bonchev–Trinajstić information content (AvgIpc) is 3.00. The van der Waals surface area contributed by atoms with Crippen molar-refractivity contribution < 1.29 is 27.9 Å². The first-order valence-corrected chi connectivity index (χ1v) is 8.66. The highest BCUT2D eigenvalue weighted by Gasteiger charge is 2.37. The topological polar surface area (TPSA) is 88.3 Å². The number of aryl methyl sites for hydroxylation is 1. The molecule has 0 saturated heterocycles. The molecule has 1 aliphatic heterocycles. The monoisotopic (exact) mass is 396 g/mol. The molecule has 1 aromatic carbocycles. The second-order valence-electron chi connectivity index (χ2n) is 6.87. The van der Waals surface area contributed by atoms with Gasteiger partial charge in [-0.25, -0.2) is 4.79 Å². The van der Waals surface area contributed by atoms with Crippen LogP contribution in [0, 0.1) is 6.92 Å². The number of fused-ring (bicyclic) bond motifs is 1. The van der Waals surface area contributed by atoms with Crippen LogP contribution in [-0.2, 0) is 28.9 Å². The Hall–Kier alpha value is -2.91. The molecule has 1 aromatic heterocycles. The van der Waals surface area contributed by atoms with Crippen molar-refractivity contribution in [3.63, 3.8) is 0 Å². The quantitative estimate of drug-likeness (QED) is 0.858. The van der Waals surface area contributed by atoms with E-state index in [9.17, 15) is 27.9 Å². The van der Waals surface area contributed by atoms with E-state index >= 15 is 0 Å². The Kier molecular flexibility index (Phi) is 5.14. The Morgan fingerprint density at radius 3 is 2.46 bits per heavy atom. The third-order valence-electron chi connectivity index (χ3n) is 4.95. The second kappa shape index (κ2) is 7.25. The van der Waals surface area contributed by atoms with Crippen LogP contribution >= 0.6 is 0 Å². The normalized spacial score (nSPS) is 17.9. The van der Waals surface area contributed by atoms with Crippen molar-refractivity contribution in [3.8, 4) is 0 Å².